The molecule has 0 aromatic heterocycles. The molecular formula is C12H20O. The summed E-state index contributed by atoms with van der Waals surface area (Å²) < 4.78 is 0. The van der Waals surface area contributed by atoms with Crippen LogP contribution in [0.1, 0.15) is 38.5 Å². The molecule has 0 heterocycles. The Kier molecular flexibility index (Phi) is 2.73. The van der Waals surface area contributed by atoms with Gasteiger partial charge in [0.2, 0.25) is 0 Å². The zero-order valence-corrected chi connectivity index (χ0v) is 8.28. The van der Waals surface area contributed by atoms with E-state index in [1.807, 2.05) is 6.08 Å². The van der Waals surface area contributed by atoms with Crippen molar-refractivity contribution in [2.45, 2.75) is 44.6 Å². The fourth-order valence-corrected chi connectivity index (χ4v) is 3.10. The molecule has 1 heteroatoms. The van der Waals surface area contributed by atoms with Crippen LogP contribution in [0.25, 0.3) is 0 Å². The van der Waals surface area contributed by atoms with Crippen LogP contribution in [0.5, 0.6) is 0 Å². The van der Waals surface area contributed by atoms with Crippen molar-refractivity contribution in [2.24, 2.45) is 17.8 Å². The van der Waals surface area contributed by atoms with Crippen molar-refractivity contribution in [3.8, 4) is 0 Å². The first-order chi connectivity index (χ1) is 6.34. The maximum atomic E-state index is 9.90. The van der Waals surface area contributed by atoms with Gasteiger partial charge in [-0.2, -0.15) is 0 Å². The van der Waals surface area contributed by atoms with E-state index in [4.69, 9.17) is 0 Å². The lowest BCUT2D eigenvalue weighted by Crippen LogP contribution is -2.10. The molecule has 1 nitrogen and oxygen atoms in total. The molecule has 2 aliphatic rings. The van der Waals surface area contributed by atoms with Gasteiger partial charge in [-0.25, -0.2) is 0 Å². The lowest BCUT2D eigenvalue weighted by molar-refractivity contribution is 0.132. The van der Waals surface area contributed by atoms with Crippen molar-refractivity contribution >= 4 is 0 Å². The van der Waals surface area contributed by atoms with Crippen molar-refractivity contribution in [3.63, 3.8) is 0 Å². The molecule has 0 amide bonds. The van der Waals surface area contributed by atoms with E-state index in [1.54, 1.807) is 0 Å². The predicted octanol–water partition coefficient (Wildman–Crippen LogP) is 2.75. The number of fused-ring (bicyclic) bond motifs is 1. The fourth-order valence-electron chi connectivity index (χ4n) is 3.10. The molecule has 74 valence electrons. The van der Waals surface area contributed by atoms with Crippen LogP contribution in [0.2, 0.25) is 0 Å². The molecule has 0 aliphatic heterocycles. The molecule has 13 heavy (non-hydrogen) atoms. The smallest absolute Gasteiger partial charge is 0.0576 e. The Morgan fingerprint density at radius 3 is 2.46 bits per heavy atom. The van der Waals surface area contributed by atoms with Crippen LogP contribution in [0, 0.1) is 17.8 Å². The maximum absolute atomic E-state index is 9.90. The lowest BCUT2D eigenvalue weighted by atomic mass is 10.0. The van der Waals surface area contributed by atoms with Crippen molar-refractivity contribution in [1.29, 1.82) is 0 Å². The third-order valence-corrected chi connectivity index (χ3v) is 3.83. The molecule has 1 N–H and O–H groups in total. The van der Waals surface area contributed by atoms with Crippen molar-refractivity contribution in [1.82, 2.24) is 0 Å². The molecule has 3 unspecified atom stereocenters. The third kappa shape index (κ3) is 1.80. The molecule has 0 saturated heterocycles. The monoisotopic (exact) mass is 180 g/mol. The Hall–Kier alpha value is -0.300. The highest BCUT2D eigenvalue weighted by Crippen LogP contribution is 2.57. The van der Waals surface area contributed by atoms with Gasteiger partial charge in [0, 0.05) is 0 Å². The molecule has 2 saturated carbocycles. The van der Waals surface area contributed by atoms with Crippen molar-refractivity contribution in [3.05, 3.63) is 12.7 Å². The van der Waals surface area contributed by atoms with Crippen molar-refractivity contribution < 1.29 is 5.11 Å². The number of aliphatic hydroxyl groups is 1. The normalized spacial score (nSPS) is 39.3. The first-order valence-electron chi connectivity index (χ1n) is 5.63. The van der Waals surface area contributed by atoms with Crippen LogP contribution in [0.4, 0.5) is 0 Å². The van der Waals surface area contributed by atoms with Crippen LogP contribution in [-0.2, 0) is 0 Å². The first kappa shape index (κ1) is 9.26. The number of hydrogen-bond acceptors (Lipinski definition) is 1. The molecule has 0 bridgehead atoms. The van der Waals surface area contributed by atoms with Gasteiger partial charge in [-0.15, -0.1) is 6.58 Å². The molecule has 0 spiro atoms. The molecule has 2 fully saturated rings. The first-order valence-corrected chi connectivity index (χ1v) is 5.63. The zero-order valence-electron chi connectivity index (χ0n) is 8.28. The average Bonchev–Trinajstić information content (AvgIpc) is 2.88. The highest BCUT2D eigenvalue weighted by atomic mass is 16.3. The minimum atomic E-state index is -0.0360. The standard InChI is InChI=1S/C12H20O/c1-2-3-8-11(13)12-9-6-4-5-7-10(9)12/h2,9-13H,1,3-8H2. The van der Waals surface area contributed by atoms with E-state index in [0.717, 1.165) is 24.7 Å². The number of aliphatic hydroxyl groups excluding tert-OH is 1. The summed E-state index contributed by atoms with van der Waals surface area (Å²) in [5, 5.41) is 9.90. The van der Waals surface area contributed by atoms with Gasteiger partial charge in [0.25, 0.3) is 0 Å². The van der Waals surface area contributed by atoms with E-state index in [1.165, 1.54) is 25.7 Å². The molecule has 2 aliphatic carbocycles. The summed E-state index contributed by atoms with van der Waals surface area (Å²) in [6.45, 7) is 3.69. The second-order valence-electron chi connectivity index (χ2n) is 4.62. The van der Waals surface area contributed by atoms with Crippen LogP contribution >= 0.6 is 0 Å². The highest BCUT2D eigenvalue weighted by molar-refractivity contribution is 5.02. The second kappa shape index (κ2) is 3.83. The lowest BCUT2D eigenvalue weighted by Gasteiger charge is -2.07. The summed E-state index contributed by atoms with van der Waals surface area (Å²) in [5.41, 5.74) is 0. The second-order valence-corrected chi connectivity index (χ2v) is 4.62. The van der Waals surface area contributed by atoms with Gasteiger partial charge in [0.05, 0.1) is 6.10 Å². The number of rotatable bonds is 4. The molecule has 0 aromatic rings. The van der Waals surface area contributed by atoms with Crippen molar-refractivity contribution in [2.75, 3.05) is 0 Å². The van der Waals surface area contributed by atoms with E-state index in [0.29, 0.717) is 5.92 Å². The predicted molar refractivity (Wildman–Crippen MR) is 54.4 cm³/mol. The summed E-state index contributed by atoms with van der Waals surface area (Å²) in [6, 6.07) is 0. The molecule has 0 radical (unpaired) electrons. The van der Waals surface area contributed by atoms with Crippen LogP contribution in [0.3, 0.4) is 0 Å². The summed E-state index contributed by atoms with van der Waals surface area (Å²) in [5.74, 6) is 2.42. The van der Waals surface area contributed by atoms with Gasteiger partial charge in [-0.05, 0) is 43.4 Å². The Labute approximate surface area is 80.8 Å². The quantitative estimate of drug-likeness (QED) is 0.659. The van der Waals surface area contributed by atoms with Gasteiger partial charge in [0.1, 0.15) is 0 Å². The number of hydrogen-bond donors (Lipinski definition) is 1. The Balaban J connectivity index is 1.78. The number of allylic oxidation sites excluding steroid dienone is 1. The van der Waals surface area contributed by atoms with E-state index in [-0.39, 0.29) is 6.10 Å². The minimum Gasteiger partial charge on any atom is -0.393 e. The molecule has 3 atom stereocenters. The van der Waals surface area contributed by atoms with Crippen LogP contribution < -0.4 is 0 Å². The molecular weight excluding hydrogens is 160 g/mol. The Morgan fingerprint density at radius 2 is 1.92 bits per heavy atom. The van der Waals surface area contributed by atoms with E-state index < -0.39 is 0 Å². The van der Waals surface area contributed by atoms with E-state index >= 15 is 0 Å². The van der Waals surface area contributed by atoms with Gasteiger partial charge in [0.15, 0.2) is 0 Å². The topological polar surface area (TPSA) is 20.2 Å². The largest absolute Gasteiger partial charge is 0.393 e. The summed E-state index contributed by atoms with van der Waals surface area (Å²) in [4.78, 5) is 0. The molecule has 0 aromatic carbocycles. The van der Waals surface area contributed by atoms with Gasteiger partial charge >= 0.3 is 0 Å². The minimum absolute atomic E-state index is 0.0360. The van der Waals surface area contributed by atoms with Crippen LogP contribution in [0.15, 0.2) is 12.7 Å². The fraction of sp³-hybridized carbons (Fsp3) is 0.833. The third-order valence-electron chi connectivity index (χ3n) is 3.83. The average molecular weight is 180 g/mol. The molecule has 2 rings (SSSR count). The Morgan fingerprint density at radius 1 is 1.31 bits per heavy atom. The van der Waals surface area contributed by atoms with Crippen LogP contribution in [-0.4, -0.2) is 11.2 Å². The van der Waals surface area contributed by atoms with Gasteiger partial charge in [-0.1, -0.05) is 18.9 Å². The Bertz CT molecular complexity index is 176. The highest BCUT2D eigenvalue weighted by Gasteiger charge is 2.53. The van der Waals surface area contributed by atoms with E-state index in [9.17, 15) is 5.11 Å². The maximum Gasteiger partial charge on any atom is 0.0576 e. The SMILES string of the molecule is C=CCCC(O)C1C2CCCCC21. The summed E-state index contributed by atoms with van der Waals surface area (Å²) >= 11 is 0. The van der Waals surface area contributed by atoms with Gasteiger partial charge in [-0.3, -0.25) is 0 Å². The summed E-state index contributed by atoms with van der Waals surface area (Å²) in [7, 11) is 0. The van der Waals surface area contributed by atoms with Gasteiger partial charge < -0.3 is 5.11 Å². The summed E-state index contributed by atoms with van der Waals surface area (Å²) in [6.07, 6.45) is 9.32. The van der Waals surface area contributed by atoms with E-state index in [2.05, 4.69) is 6.58 Å². The zero-order chi connectivity index (χ0) is 9.26.